The zero-order valence-corrected chi connectivity index (χ0v) is 10.4. The van der Waals surface area contributed by atoms with Crippen LogP contribution in [0.3, 0.4) is 0 Å². The first-order chi connectivity index (χ1) is 7.64. The van der Waals surface area contributed by atoms with E-state index in [1.165, 1.54) is 12.8 Å². The monoisotopic (exact) mass is 222 g/mol. The van der Waals surface area contributed by atoms with Crippen LogP contribution in [-0.2, 0) is 4.79 Å². The largest absolute Gasteiger partial charge is 0.355 e. The third-order valence-electron chi connectivity index (χ3n) is 3.36. The van der Waals surface area contributed by atoms with Crippen molar-refractivity contribution in [2.45, 2.75) is 52.4 Å². The van der Waals surface area contributed by atoms with Gasteiger partial charge in [0.1, 0.15) is 5.41 Å². The summed E-state index contributed by atoms with van der Waals surface area (Å²) in [7, 11) is 0. The van der Waals surface area contributed by atoms with Crippen molar-refractivity contribution in [2.75, 3.05) is 6.54 Å². The molecule has 3 nitrogen and oxygen atoms in total. The topological polar surface area (TPSA) is 52.9 Å². The molecule has 0 heterocycles. The van der Waals surface area contributed by atoms with Crippen molar-refractivity contribution < 1.29 is 4.79 Å². The molecule has 0 unspecified atom stereocenters. The van der Waals surface area contributed by atoms with E-state index in [2.05, 4.69) is 25.2 Å². The fourth-order valence-electron chi connectivity index (χ4n) is 2.38. The van der Waals surface area contributed by atoms with Crippen molar-refractivity contribution in [1.29, 1.82) is 5.26 Å². The molecule has 1 rings (SSSR count). The van der Waals surface area contributed by atoms with Crippen LogP contribution in [0.1, 0.15) is 52.4 Å². The third-order valence-corrected chi connectivity index (χ3v) is 3.36. The molecule has 0 saturated heterocycles. The molecule has 1 N–H and O–H groups in total. The molecule has 0 aliphatic heterocycles. The minimum Gasteiger partial charge on any atom is -0.355 e. The van der Waals surface area contributed by atoms with Crippen LogP contribution in [0.15, 0.2) is 0 Å². The third kappa shape index (κ3) is 2.98. The number of amides is 1. The zero-order chi connectivity index (χ0) is 12.0. The molecule has 1 saturated carbocycles. The maximum atomic E-state index is 11.8. The van der Waals surface area contributed by atoms with Gasteiger partial charge in [0.2, 0.25) is 5.91 Å². The summed E-state index contributed by atoms with van der Waals surface area (Å²) < 4.78 is 0. The summed E-state index contributed by atoms with van der Waals surface area (Å²) in [5, 5.41) is 11.9. The van der Waals surface area contributed by atoms with Crippen LogP contribution < -0.4 is 5.32 Å². The highest BCUT2D eigenvalue weighted by atomic mass is 16.2. The van der Waals surface area contributed by atoms with Crippen LogP contribution >= 0.6 is 0 Å². The Balaban J connectivity index is 2.22. The van der Waals surface area contributed by atoms with Gasteiger partial charge in [0.05, 0.1) is 6.07 Å². The van der Waals surface area contributed by atoms with Gasteiger partial charge in [-0.15, -0.1) is 0 Å². The lowest BCUT2D eigenvalue weighted by molar-refractivity contribution is -0.133. The lowest BCUT2D eigenvalue weighted by Gasteiger charge is -2.39. The number of unbranched alkanes of at least 4 members (excludes halogenated alkanes) is 3. The van der Waals surface area contributed by atoms with Gasteiger partial charge < -0.3 is 5.32 Å². The molecule has 0 aromatic carbocycles. The number of carbonyl (C=O) groups is 1. The lowest BCUT2D eigenvalue weighted by atomic mass is 9.63. The van der Waals surface area contributed by atoms with Crippen LogP contribution in [0, 0.1) is 22.7 Å². The number of hydrogen-bond donors (Lipinski definition) is 1. The number of nitriles is 1. The lowest BCUT2D eigenvalue weighted by Crippen LogP contribution is -2.48. The first kappa shape index (κ1) is 13.0. The Kier molecular flexibility index (Phi) is 4.79. The summed E-state index contributed by atoms with van der Waals surface area (Å²) in [6.45, 7) is 4.97. The van der Waals surface area contributed by atoms with Gasteiger partial charge in [0.25, 0.3) is 0 Å². The van der Waals surface area contributed by atoms with Crippen LogP contribution in [0.2, 0.25) is 0 Å². The van der Waals surface area contributed by atoms with Crippen molar-refractivity contribution >= 4 is 5.91 Å². The van der Waals surface area contributed by atoms with Gasteiger partial charge in [-0.05, 0) is 25.2 Å². The summed E-state index contributed by atoms with van der Waals surface area (Å²) in [5.74, 6) is 0.468. The second-order valence-electron chi connectivity index (χ2n) is 5.02. The molecule has 90 valence electrons. The van der Waals surface area contributed by atoms with E-state index in [1.807, 2.05) is 0 Å². The van der Waals surface area contributed by atoms with Gasteiger partial charge in [-0.2, -0.15) is 5.26 Å². The first-order valence-electron chi connectivity index (χ1n) is 6.34. The van der Waals surface area contributed by atoms with Crippen LogP contribution in [0.5, 0.6) is 0 Å². The van der Waals surface area contributed by atoms with Gasteiger partial charge in [0.15, 0.2) is 0 Å². The molecule has 16 heavy (non-hydrogen) atoms. The van der Waals surface area contributed by atoms with Crippen molar-refractivity contribution in [2.24, 2.45) is 11.3 Å². The molecule has 1 fully saturated rings. The second-order valence-corrected chi connectivity index (χ2v) is 5.02. The Morgan fingerprint density at radius 2 is 2.12 bits per heavy atom. The van der Waals surface area contributed by atoms with Gasteiger partial charge in [-0.1, -0.05) is 33.1 Å². The van der Waals surface area contributed by atoms with Crippen molar-refractivity contribution in [3.8, 4) is 6.07 Å². The summed E-state index contributed by atoms with van der Waals surface area (Å²) in [4.78, 5) is 11.8. The standard InChI is InChI=1S/C13H22N2O/c1-3-4-5-6-7-15-12(16)13(10-14)8-11(2)9-13/h11H,3-9H2,1-2H3,(H,15,16). The molecular weight excluding hydrogens is 200 g/mol. The van der Waals surface area contributed by atoms with Gasteiger partial charge in [-0.25, -0.2) is 0 Å². The molecule has 0 aromatic heterocycles. The van der Waals surface area contributed by atoms with Crippen LogP contribution in [0.25, 0.3) is 0 Å². The van der Waals surface area contributed by atoms with E-state index in [4.69, 9.17) is 5.26 Å². The quantitative estimate of drug-likeness (QED) is 0.702. The molecule has 0 atom stereocenters. The normalized spacial score (nSPS) is 27.9. The molecule has 1 aliphatic carbocycles. The summed E-state index contributed by atoms with van der Waals surface area (Å²) in [5.41, 5.74) is -0.704. The predicted octanol–water partition coefficient (Wildman–Crippen LogP) is 2.62. The summed E-state index contributed by atoms with van der Waals surface area (Å²) in [6, 6.07) is 2.19. The fraction of sp³-hybridized carbons (Fsp3) is 0.846. The molecule has 0 bridgehead atoms. The zero-order valence-electron chi connectivity index (χ0n) is 10.4. The Bertz CT molecular complexity index is 274. The Morgan fingerprint density at radius 1 is 1.44 bits per heavy atom. The molecule has 0 aromatic rings. The van der Waals surface area contributed by atoms with Gasteiger partial charge in [-0.3, -0.25) is 4.79 Å². The highest BCUT2D eigenvalue weighted by molar-refractivity contribution is 5.86. The van der Waals surface area contributed by atoms with E-state index in [0.29, 0.717) is 5.92 Å². The van der Waals surface area contributed by atoms with Crippen molar-refractivity contribution in [1.82, 2.24) is 5.32 Å². The Morgan fingerprint density at radius 3 is 2.62 bits per heavy atom. The van der Waals surface area contributed by atoms with Crippen LogP contribution in [-0.4, -0.2) is 12.5 Å². The molecule has 0 spiro atoms. The van der Waals surface area contributed by atoms with E-state index in [9.17, 15) is 4.79 Å². The maximum Gasteiger partial charge on any atom is 0.240 e. The predicted molar refractivity (Wildman–Crippen MR) is 63.6 cm³/mol. The highest BCUT2D eigenvalue weighted by Gasteiger charge is 2.48. The van der Waals surface area contributed by atoms with Crippen molar-refractivity contribution in [3.05, 3.63) is 0 Å². The summed E-state index contributed by atoms with van der Waals surface area (Å²) in [6.07, 6.45) is 6.06. The van der Waals surface area contributed by atoms with Crippen molar-refractivity contribution in [3.63, 3.8) is 0 Å². The molecule has 0 radical (unpaired) electrons. The van der Waals surface area contributed by atoms with E-state index < -0.39 is 5.41 Å². The first-order valence-corrected chi connectivity index (χ1v) is 6.34. The fourth-order valence-corrected chi connectivity index (χ4v) is 2.38. The van der Waals surface area contributed by atoms with Gasteiger partial charge >= 0.3 is 0 Å². The molecule has 1 aliphatic rings. The number of hydrogen-bond acceptors (Lipinski definition) is 2. The number of carbonyl (C=O) groups excluding carboxylic acids is 1. The number of rotatable bonds is 6. The molecule has 1 amide bonds. The molecular formula is C13H22N2O. The van der Waals surface area contributed by atoms with E-state index >= 15 is 0 Å². The minimum atomic E-state index is -0.704. The van der Waals surface area contributed by atoms with Gasteiger partial charge in [0, 0.05) is 6.54 Å². The van der Waals surface area contributed by atoms with E-state index in [0.717, 1.165) is 32.2 Å². The SMILES string of the molecule is CCCCCCNC(=O)C1(C#N)CC(C)C1. The number of nitrogens with zero attached hydrogens (tertiary/aromatic N) is 1. The minimum absolute atomic E-state index is 0.0513. The second kappa shape index (κ2) is 5.89. The Hall–Kier alpha value is -1.04. The molecule has 3 heteroatoms. The maximum absolute atomic E-state index is 11.8. The Labute approximate surface area is 98.2 Å². The average molecular weight is 222 g/mol. The smallest absolute Gasteiger partial charge is 0.240 e. The van der Waals surface area contributed by atoms with E-state index in [1.54, 1.807) is 0 Å². The number of nitrogens with one attached hydrogen (secondary N) is 1. The van der Waals surface area contributed by atoms with E-state index in [-0.39, 0.29) is 5.91 Å². The average Bonchev–Trinajstić information content (AvgIpc) is 2.24. The summed E-state index contributed by atoms with van der Waals surface area (Å²) >= 11 is 0. The highest BCUT2D eigenvalue weighted by Crippen LogP contribution is 2.44. The van der Waals surface area contributed by atoms with Crippen LogP contribution in [0.4, 0.5) is 0 Å².